The van der Waals surface area contributed by atoms with Gasteiger partial charge in [-0.15, -0.1) is 0 Å². The Morgan fingerprint density at radius 2 is 2.11 bits per heavy atom. The third-order valence-corrected chi connectivity index (χ3v) is 8.48. The highest BCUT2D eigenvalue weighted by molar-refractivity contribution is 5.97. The maximum absolute atomic E-state index is 13.1. The maximum atomic E-state index is 13.1. The van der Waals surface area contributed by atoms with E-state index in [2.05, 4.69) is 36.6 Å². The van der Waals surface area contributed by atoms with Gasteiger partial charge in [0.25, 0.3) is 5.91 Å². The molecule has 3 aliphatic rings. The van der Waals surface area contributed by atoms with Gasteiger partial charge < -0.3 is 21.3 Å². The zero-order chi connectivity index (χ0) is 26.9. The average molecular weight is 505 g/mol. The van der Waals surface area contributed by atoms with E-state index in [1.165, 1.54) is 0 Å². The molecule has 4 rings (SSSR count). The third-order valence-electron chi connectivity index (χ3n) is 8.48. The highest BCUT2D eigenvalue weighted by atomic mass is 16.2. The number of rotatable bonds is 8. The molecule has 2 amide bonds. The summed E-state index contributed by atoms with van der Waals surface area (Å²) < 4.78 is 0. The standard InChI is InChI=1S/C29H40N6O2/c1-17(2)34-28(31)29(11-12-33-16-25(36)35-22(15-30)14-23-19(4)26(23)35)18(3)7-6-8-20-13-21(27(37)32-5)9-10-24(20)29/h7,9-10,13,17,19,22-23,26,33H,6,8,11-12,14,16H2,1-5H3,(H2,31,34)(H,32,37). The second-order valence-electron chi connectivity index (χ2n) is 11.0. The van der Waals surface area contributed by atoms with Crippen molar-refractivity contribution >= 4 is 17.6 Å². The molecule has 198 valence electrons. The van der Waals surface area contributed by atoms with Crippen LogP contribution >= 0.6 is 0 Å². The first-order valence-corrected chi connectivity index (χ1v) is 13.4. The molecule has 0 radical (unpaired) electrons. The van der Waals surface area contributed by atoms with E-state index >= 15 is 0 Å². The Bertz CT molecular complexity index is 1170. The monoisotopic (exact) mass is 504 g/mol. The Hall–Kier alpha value is -3.18. The molecule has 0 spiro atoms. The number of amidine groups is 1. The number of piperidine rings is 1. The molecule has 1 aromatic rings. The van der Waals surface area contributed by atoms with Crippen LogP contribution in [0.1, 0.15) is 68.4 Å². The predicted octanol–water partition coefficient (Wildman–Crippen LogP) is 2.68. The molecular weight excluding hydrogens is 464 g/mol. The van der Waals surface area contributed by atoms with Crippen molar-refractivity contribution in [3.63, 3.8) is 0 Å². The molecule has 1 aliphatic heterocycles. The summed E-state index contributed by atoms with van der Waals surface area (Å²) in [6, 6.07) is 8.09. The van der Waals surface area contributed by atoms with Crippen molar-refractivity contribution in [1.82, 2.24) is 15.5 Å². The van der Waals surface area contributed by atoms with Crippen molar-refractivity contribution in [2.75, 3.05) is 20.1 Å². The summed E-state index contributed by atoms with van der Waals surface area (Å²) in [7, 11) is 1.63. The van der Waals surface area contributed by atoms with Gasteiger partial charge in [-0.3, -0.25) is 14.6 Å². The summed E-state index contributed by atoms with van der Waals surface area (Å²) in [4.78, 5) is 32.0. The number of hydrogen-bond acceptors (Lipinski definition) is 5. The second kappa shape index (κ2) is 10.7. The van der Waals surface area contributed by atoms with Gasteiger partial charge in [0.05, 0.1) is 18.0 Å². The minimum atomic E-state index is -0.633. The number of carbonyl (C=O) groups excluding carboxylic acids is 2. The van der Waals surface area contributed by atoms with E-state index in [0.717, 1.165) is 36.0 Å². The first-order valence-electron chi connectivity index (χ1n) is 13.4. The summed E-state index contributed by atoms with van der Waals surface area (Å²) in [5.74, 6) is 1.39. The number of aliphatic imine (C=N–C) groups is 1. The molecule has 37 heavy (non-hydrogen) atoms. The highest BCUT2D eigenvalue weighted by Gasteiger charge is 2.60. The molecule has 1 saturated carbocycles. The van der Waals surface area contributed by atoms with Gasteiger partial charge in [-0.1, -0.05) is 24.6 Å². The van der Waals surface area contributed by atoms with Crippen LogP contribution in [0.4, 0.5) is 0 Å². The molecule has 8 heteroatoms. The van der Waals surface area contributed by atoms with Gasteiger partial charge in [0.2, 0.25) is 5.91 Å². The minimum absolute atomic E-state index is 0.00924. The fourth-order valence-electron chi connectivity index (χ4n) is 6.45. The number of aryl methyl sites for hydroxylation is 1. The quantitative estimate of drug-likeness (QED) is 0.217. The van der Waals surface area contributed by atoms with E-state index in [9.17, 15) is 14.9 Å². The van der Waals surface area contributed by atoms with Gasteiger partial charge in [0, 0.05) is 24.7 Å². The van der Waals surface area contributed by atoms with Crippen LogP contribution in [0.5, 0.6) is 0 Å². The molecule has 8 nitrogen and oxygen atoms in total. The summed E-state index contributed by atoms with van der Waals surface area (Å²) in [5, 5.41) is 15.6. The fourth-order valence-corrected chi connectivity index (χ4v) is 6.45. The number of fused-ring (bicyclic) bond motifs is 2. The van der Waals surface area contributed by atoms with Crippen molar-refractivity contribution < 1.29 is 9.59 Å². The summed E-state index contributed by atoms with van der Waals surface area (Å²) in [6.45, 7) is 9.03. The van der Waals surface area contributed by atoms with E-state index in [1.807, 2.05) is 32.0 Å². The van der Waals surface area contributed by atoms with E-state index in [-0.39, 0.29) is 36.5 Å². The normalized spacial score (nSPS) is 28.6. The molecule has 1 heterocycles. The molecular formula is C29H40N6O2. The zero-order valence-electron chi connectivity index (χ0n) is 22.7. The molecule has 0 aromatic heterocycles. The van der Waals surface area contributed by atoms with Gasteiger partial charge in [-0.25, -0.2) is 0 Å². The molecule has 5 unspecified atom stereocenters. The van der Waals surface area contributed by atoms with E-state index in [4.69, 9.17) is 10.7 Å². The van der Waals surface area contributed by atoms with Crippen molar-refractivity contribution in [2.24, 2.45) is 22.6 Å². The van der Waals surface area contributed by atoms with Crippen molar-refractivity contribution in [2.45, 2.75) is 76.9 Å². The van der Waals surface area contributed by atoms with Gasteiger partial charge in [0.1, 0.15) is 11.9 Å². The Morgan fingerprint density at radius 1 is 1.35 bits per heavy atom. The van der Waals surface area contributed by atoms with Crippen LogP contribution in [-0.4, -0.2) is 60.8 Å². The fraction of sp³-hybridized carbons (Fsp3) is 0.586. The van der Waals surface area contributed by atoms with E-state index < -0.39 is 5.41 Å². The van der Waals surface area contributed by atoms with Crippen LogP contribution in [0.3, 0.4) is 0 Å². The van der Waals surface area contributed by atoms with Gasteiger partial charge in [-0.05, 0) is 88.1 Å². The van der Waals surface area contributed by atoms with Crippen LogP contribution in [0.2, 0.25) is 0 Å². The number of allylic oxidation sites excluding steroid dienone is 1. The molecule has 2 fully saturated rings. The van der Waals surface area contributed by atoms with Crippen molar-refractivity contribution in [3.05, 3.63) is 46.5 Å². The first-order chi connectivity index (χ1) is 17.6. The average Bonchev–Trinajstić information content (AvgIpc) is 3.35. The van der Waals surface area contributed by atoms with Gasteiger partial charge in [0.15, 0.2) is 0 Å². The number of carbonyl (C=O) groups is 2. The van der Waals surface area contributed by atoms with Crippen LogP contribution in [0, 0.1) is 23.2 Å². The SMILES string of the molecule is CNC(=O)c1ccc2c(c1)CCC=C(C)C2(CCNCC(=O)N1C(C#N)CC2C(C)C21)C(N)=NC(C)C. The summed E-state index contributed by atoms with van der Waals surface area (Å²) in [6.07, 6.45) is 5.30. The van der Waals surface area contributed by atoms with Crippen molar-refractivity contribution in [3.8, 4) is 6.07 Å². The number of hydrogen-bond donors (Lipinski definition) is 3. The van der Waals surface area contributed by atoms with E-state index in [1.54, 1.807) is 11.9 Å². The molecule has 2 aliphatic carbocycles. The van der Waals surface area contributed by atoms with Gasteiger partial charge >= 0.3 is 0 Å². The molecule has 1 aromatic carbocycles. The van der Waals surface area contributed by atoms with Crippen LogP contribution in [0.15, 0.2) is 34.8 Å². The lowest BCUT2D eigenvalue weighted by Gasteiger charge is -2.37. The molecule has 4 N–H and O–H groups in total. The lowest BCUT2D eigenvalue weighted by Crippen LogP contribution is -2.47. The number of likely N-dealkylation sites (tertiary alicyclic amines) is 1. The second-order valence-corrected chi connectivity index (χ2v) is 11.0. The zero-order valence-corrected chi connectivity index (χ0v) is 22.7. The highest BCUT2D eigenvalue weighted by Crippen LogP contribution is 2.52. The van der Waals surface area contributed by atoms with Crippen molar-refractivity contribution in [1.29, 1.82) is 5.26 Å². The summed E-state index contributed by atoms with van der Waals surface area (Å²) in [5.41, 5.74) is 10.1. The molecule has 0 bridgehead atoms. The van der Waals surface area contributed by atoms with Crippen LogP contribution in [-0.2, 0) is 16.6 Å². The maximum Gasteiger partial charge on any atom is 0.251 e. The van der Waals surface area contributed by atoms with Crippen LogP contribution in [0.25, 0.3) is 0 Å². The number of benzene rings is 1. The van der Waals surface area contributed by atoms with E-state index in [0.29, 0.717) is 36.2 Å². The topological polar surface area (TPSA) is 124 Å². The van der Waals surface area contributed by atoms with Crippen LogP contribution < -0.4 is 16.4 Å². The minimum Gasteiger partial charge on any atom is -0.386 e. The molecule has 5 atom stereocenters. The lowest BCUT2D eigenvalue weighted by molar-refractivity contribution is -0.131. The Balaban J connectivity index is 1.58. The number of nitriles is 1. The summed E-state index contributed by atoms with van der Waals surface area (Å²) >= 11 is 0. The predicted molar refractivity (Wildman–Crippen MR) is 145 cm³/mol. The lowest BCUT2D eigenvalue weighted by atomic mass is 9.69. The number of nitrogens with zero attached hydrogens (tertiary/aromatic N) is 3. The molecule has 1 saturated heterocycles. The Kier molecular flexibility index (Phi) is 7.75. The number of nitrogens with one attached hydrogen (secondary N) is 2. The first kappa shape index (κ1) is 26.9. The smallest absolute Gasteiger partial charge is 0.251 e. The largest absolute Gasteiger partial charge is 0.386 e. The number of amides is 2. The third kappa shape index (κ3) is 4.89. The Labute approximate surface area is 220 Å². The Morgan fingerprint density at radius 3 is 2.78 bits per heavy atom. The van der Waals surface area contributed by atoms with Gasteiger partial charge in [-0.2, -0.15) is 5.26 Å². The number of nitrogens with two attached hydrogens (primary N) is 1.